The molecule has 0 amide bonds. The lowest BCUT2D eigenvalue weighted by molar-refractivity contribution is 0.0188. The number of rotatable bonds is 4. The van der Waals surface area contributed by atoms with Crippen molar-refractivity contribution in [3.63, 3.8) is 0 Å². The summed E-state index contributed by atoms with van der Waals surface area (Å²) in [5, 5.41) is 1.19. The van der Waals surface area contributed by atoms with E-state index in [9.17, 15) is 0 Å². The molecule has 0 aliphatic heterocycles. The van der Waals surface area contributed by atoms with Gasteiger partial charge in [0.2, 0.25) is 0 Å². The fourth-order valence-electron chi connectivity index (χ4n) is 2.97. The maximum Gasteiger partial charge on any atom is 0.0727 e. The van der Waals surface area contributed by atoms with Gasteiger partial charge in [0, 0.05) is 11.6 Å². The molecule has 1 aromatic carbocycles. The molecule has 0 bridgehead atoms. The summed E-state index contributed by atoms with van der Waals surface area (Å²) >= 11 is 0. The second-order valence-electron chi connectivity index (χ2n) is 5.26. The van der Waals surface area contributed by atoms with E-state index in [2.05, 4.69) is 17.1 Å². The Morgan fingerprint density at radius 3 is 3.00 bits per heavy atom. The van der Waals surface area contributed by atoms with Crippen molar-refractivity contribution < 1.29 is 4.74 Å². The molecule has 2 atom stereocenters. The second kappa shape index (κ2) is 5.68. The van der Waals surface area contributed by atoms with E-state index in [1.807, 2.05) is 24.4 Å². The maximum absolute atomic E-state index is 6.09. The van der Waals surface area contributed by atoms with Gasteiger partial charge in [-0.1, -0.05) is 24.6 Å². The summed E-state index contributed by atoms with van der Waals surface area (Å²) in [6.07, 6.45) is 5.78. The van der Waals surface area contributed by atoms with Crippen LogP contribution in [0.25, 0.3) is 10.9 Å². The number of pyridine rings is 1. The number of para-hydroxylation sites is 1. The first-order valence-corrected chi connectivity index (χ1v) is 7.03. The normalized spacial score (nSPS) is 23.0. The molecule has 1 heterocycles. The third-order valence-electron chi connectivity index (χ3n) is 4.08. The number of ether oxygens (including phenoxy) is 1. The van der Waals surface area contributed by atoms with Gasteiger partial charge in [-0.05, 0) is 43.0 Å². The van der Waals surface area contributed by atoms with Gasteiger partial charge in [0.25, 0.3) is 0 Å². The zero-order chi connectivity index (χ0) is 13.1. The minimum Gasteiger partial charge on any atom is -0.373 e. The molecule has 2 N–H and O–H groups in total. The predicted octanol–water partition coefficient (Wildman–Crippen LogP) is 2.88. The lowest BCUT2D eigenvalue weighted by atomic mass is 10.1. The third kappa shape index (κ3) is 2.62. The molecule has 3 rings (SSSR count). The van der Waals surface area contributed by atoms with Crippen molar-refractivity contribution in [2.75, 3.05) is 6.54 Å². The van der Waals surface area contributed by atoms with Gasteiger partial charge in [-0.2, -0.15) is 0 Å². The van der Waals surface area contributed by atoms with Crippen molar-refractivity contribution in [3.8, 4) is 0 Å². The van der Waals surface area contributed by atoms with Crippen LogP contribution < -0.4 is 5.73 Å². The highest BCUT2D eigenvalue weighted by Gasteiger charge is 2.26. The van der Waals surface area contributed by atoms with Crippen LogP contribution in [-0.4, -0.2) is 17.6 Å². The largest absolute Gasteiger partial charge is 0.373 e. The van der Waals surface area contributed by atoms with Crippen LogP contribution in [0.3, 0.4) is 0 Å². The summed E-state index contributed by atoms with van der Waals surface area (Å²) in [5.74, 6) is 0.535. The van der Waals surface area contributed by atoms with E-state index in [-0.39, 0.29) is 0 Å². The Kier molecular flexibility index (Phi) is 3.76. The van der Waals surface area contributed by atoms with Crippen LogP contribution in [0.5, 0.6) is 0 Å². The molecule has 1 aromatic heterocycles. The highest BCUT2D eigenvalue weighted by atomic mass is 16.5. The molecule has 1 aliphatic carbocycles. The number of aromatic nitrogens is 1. The van der Waals surface area contributed by atoms with E-state index < -0.39 is 0 Å². The summed E-state index contributed by atoms with van der Waals surface area (Å²) < 4.78 is 6.09. The summed E-state index contributed by atoms with van der Waals surface area (Å²) in [6.45, 7) is 1.39. The molecule has 0 spiro atoms. The molecular formula is C16H20N2O. The first-order chi connectivity index (χ1) is 9.38. The number of nitrogens with two attached hydrogens (primary N) is 1. The standard InChI is InChI=1S/C16H20N2O/c17-10-12-4-3-7-16(12)19-11-13-8-9-18-15-6-2-1-5-14(13)15/h1-2,5-6,8-9,12,16H,3-4,7,10-11,17H2. The molecule has 0 radical (unpaired) electrons. The van der Waals surface area contributed by atoms with Crippen LogP contribution >= 0.6 is 0 Å². The van der Waals surface area contributed by atoms with Gasteiger partial charge in [-0.3, -0.25) is 4.98 Å². The summed E-state index contributed by atoms with van der Waals surface area (Å²) in [7, 11) is 0. The number of nitrogens with zero attached hydrogens (tertiary/aromatic N) is 1. The Labute approximate surface area is 113 Å². The number of hydrogen-bond donors (Lipinski definition) is 1. The first-order valence-electron chi connectivity index (χ1n) is 7.03. The smallest absolute Gasteiger partial charge is 0.0727 e. The van der Waals surface area contributed by atoms with Gasteiger partial charge in [0.15, 0.2) is 0 Å². The highest BCUT2D eigenvalue weighted by Crippen LogP contribution is 2.28. The van der Waals surface area contributed by atoms with Crippen LogP contribution in [0.1, 0.15) is 24.8 Å². The van der Waals surface area contributed by atoms with Crippen molar-refractivity contribution in [2.45, 2.75) is 32.0 Å². The van der Waals surface area contributed by atoms with E-state index in [1.165, 1.54) is 23.8 Å². The van der Waals surface area contributed by atoms with Crippen molar-refractivity contribution in [1.29, 1.82) is 0 Å². The summed E-state index contributed by atoms with van der Waals surface area (Å²) in [6, 6.07) is 10.3. The highest BCUT2D eigenvalue weighted by molar-refractivity contribution is 5.81. The quantitative estimate of drug-likeness (QED) is 0.915. The molecule has 2 aromatic rings. The lowest BCUT2D eigenvalue weighted by Gasteiger charge is -2.19. The van der Waals surface area contributed by atoms with Gasteiger partial charge in [-0.25, -0.2) is 0 Å². The molecule has 1 fully saturated rings. The Hall–Kier alpha value is -1.45. The molecule has 19 heavy (non-hydrogen) atoms. The van der Waals surface area contributed by atoms with E-state index in [0.29, 0.717) is 18.6 Å². The van der Waals surface area contributed by atoms with Gasteiger partial charge in [0.05, 0.1) is 18.2 Å². The molecule has 2 unspecified atom stereocenters. The van der Waals surface area contributed by atoms with E-state index in [1.54, 1.807) is 0 Å². The van der Waals surface area contributed by atoms with Gasteiger partial charge >= 0.3 is 0 Å². The van der Waals surface area contributed by atoms with Crippen molar-refractivity contribution in [3.05, 3.63) is 42.1 Å². The van der Waals surface area contributed by atoms with E-state index in [0.717, 1.165) is 18.5 Å². The Morgan fingerprint density at radius 1 is 1.21 bits per heavy atom. The average molecular weight is 256 g/mol. The van der Waals surface area contributed by atoms with Crippen LogP contribution in [0.2, 0.25) is 0 Å². The SMILES string of the molecule is NCC1CCCC1OCc1ccnc2ccccc12. The Balaban J connectivity index is 1.75. The molecule has 1 saturated carbocycles. The zero-order valence-electron chi connectivity index (χ0n) is 11.1. The molecule has 1 aliphatic rings. The van der Waals surface area contributed by atoms with Crippen LogP contribution in [-0.2, 0) is 11.3 Å². The monoisotopic (exact) mass is 256 g/mol. The van der Waals surface area contributed by atoms with Crippen LogP contribution in [0.4, 0.5) is 0 Å². The molecule has 0 saturated heterocycles. The molecular weight excluding hydrogens is 236 g/mol. The fourth-order valence-corrected chi connectivity index (χ4v) is 2.97. The number of benzene rings is 1. The zero-order valence-corrected chi connectivity index (χ0v) is 11.1. The first kappa shape index (κ1) is 12.6. The van der Waals surface area contributed by atoms with Gasteiger partial charge in [0.1, 0.15) is 0 Å². The van der Waals surface area contributed by atoms with Crippen molar-refractivity contribution in [2.24, 2.45) is 11.7 Å². The van der Waals surface area contributed by atoms with Crippen LogP contribution in [0.15, 0.2) is 36.5 Å². The van der Waals surface area contributed by atoms with Gasteiger partial charge in [-0.15, -0.1) is 0 Å². The summed E-state index contributed by atoms with van der Waals surface area (Å²) in [4.78, 5) is 4.38. The number of fused-ring (bicyclic) bond motifs is 1. The summed E-state index contributed by atoms with van der Waals surface area (Å²) in [5.41, 5.74) is 8.04. The van der Waals surface area contributed by atoms with E-state index >= 15 is 0 Å². The Bertz CT molecular complexity index is 550. The Morgan fingerprint density at radius 2 is 2.11 bits per heavy atom. The number of hydrogen-bond acceptors (Lipinski definition) is 3. The maximum atomic E-state index is 6.09. The third-order valence-corrected chi connectivity index (χ3v) is 4.08. The predicted molar refractivity (Wildman–Crippen MR) is 76.7 cm³/mol. The van der Waals surface area contributed by atoms with Crippen molar-refractivity contribution >= 4 is 10.9 Å². The molecule has 3 nitrogen and oxygen atoms in total. The molecule has 100 valence electrons. The molecule has 3 heteroatoms. The minimum absolute atomic E-state index is 0.330. The van der Waals surface area contributed by atoms with E-state index in [4.69, 9.17) is 10.5 Å². The van der Waals surface area contributed by atoms with Crippen LogP contribution in [0, 0.1) is 5.92 Å². The topological polar surface area (TPSA) is 48.1 Å². The average Bonchev–Trinajstić information content (AvgIpc) is 2.92. The fraction of sp³-hybridized carbons (Fsp3) is 0.438. The van der Waals surface area contributed by atoms with Crippen molar-refractivity contribution in [1.82, 2.24) is 4.98 Å². The minimum atomic E-state index is 0.330. The second-order valence-corrected chi connectivity index (χ2v) is 5.26. The lowest BCUT2D eigenvalue weighted by Crippen LogP contribution is -2.25. The van der Waals surface area contributed by atoms with Gasteiger partial charge < -0.3 is 10.5 Å².